The van der Waals surface area contributed by atoms with E-state index in [1.165, 1.54) is 16.5 Å². The number of hydrogen-bond donors (Lipinski definition) is 1. The number of anilines is 1. The van der Waals surface area contributed by atoms with Crippen molar-refractivity contribution in [2.45, 2.75) is 44.9 Å². The summed E-state index contributed by atoms with van der Waals surface area (Å²) in [4.78, 5) is 32.6. The monoisotopic (exact) mass is 540 g/mol. The Kier molecular flexibility index (Phi) is 6.33. The fourth-order valence-corrected chi connectivity index (χ4v) is 5.50. The van der Waals surface area contributed by atoms with Crippen LogP contribution in [-0.2, 0) is 16.1 Å². The summed E-state index contributed by atoms with van der Waals surface area (Å²) in [5.41, 5.74) is 3.09. The minimum absolute atomic E-state index is 0.331. The molecule has 35 heavy (non-hydrogen) atoms. The molecule has 3 heterocycles. The molecule has 8 nitrogen and oxygen atoms in total. The highest BCUT2D eigenvalue weighted by molar-refractivity contribution is 9.10. The molecule has 184 valence electrons. The molecule has 0 saturated carbocycles. The van der Waals surface area contributed by atoms with Gasteiger partial charge in [0.15, 0.2) is 0 Å². The number of ether oxygens (including phenoxy) is 1. The molecule has 2 fully saturated rings. The third-order valence-electron chi connectivity index (χ3n) is 7.09. The second-order valence-electron chi connectivity index (χ2n) is 9.68. The van der Waals surface area contributed by atoms with Gasteiger partial charge in [-0.25, -0.2) is 9.59 Å². The quantitative estimate of drug-likeness (QED) is 0.457. The van der Waals surface area contributed by atoms with Crippen molar-refractivity contribution < 1.29 is 19.2 Å². The summed E-state index contributed by atoms with van der Waals surface area (Å²) in [7, 11) is 0. The Labute approximate surface area is 212 Å². The number of aromatic nitrogens is 1. The fraction of sp³-hybridized carbons (Fsp3) is 0.385. The van der Waals surface area contributed by atoms with Crippen LogP contribution in [0.3, 0.4) is 0 Å². The smallest absolute Gasteiger partial charge is 0.415 e. The highest BCUT2D eigenvalue weighted by Crippen LogP contribution is 2.37. The highest BCUT2D eigenvalue weighted by Gasteiger charge is 2.47. The first kappa shape index (κ1) is 23.8. The van der Waals surface area contributed by atoms with E-state index in [1.54, 1.807) is 29.2 Å². The molecule has 0 bridgehead atoms. The number of nitrogens with two attached hydrogens (primary N) is 1. The topological polar surface area (TPSA) is 90.0 Å². The average Bonchev–Trinajstić information content (AvgIpc) is 3.37. The fourth-order valence-electron chi connectivity index (χ4n) is 5.14. The number of halogens is 1. The lowest BCUT2D eigenvalue weighted by Crippen LogP contribution is -2.46. The number of carbonyl (C=O) groups is 2. The maximum Gasteiger partial charge on any atom is 0.415 e. The number of rotatable bonds is 5. The minimum atomic E-state index is -0.617. The molecular weight excluding hydrogens is 512 g/mol. The van der Waals surface area contributed by atoms with Crippen LogP contribution in [0.15, 0.2) is 53.1 Å². The summed E-state index contributed by atoms with van der Waals surface area (Å²) in [6, 6.07) is 13.5. The van der Waals surface area contributed by atoms with Crippen LogP contribution >= 0.6 is 15.9 Å². The molecule has 0 atom stereocenters. The number of likely N-dealkylation sites (tertiary alicyclic amines) is 1. The molecule has 1 spiro atoms. The van der Waals surface area contributed by atoms with Crippen LogP contribution < -0.4 is 10.8 Å². The minimum Gasteiger partial charge on any atom is -0.441 e. The molecular formula is C26H29BrN4O4. The maximum atomic E-state index is 12.7. The third-order valence-corrected chi connectivity index (χ3v) is 7.58. The molecule has 2 aliphatic rings. The second-order valence-corrected chi connectivity index (χ2v) is 10.6. The predicted octanol–water partition coefficient (Wildman–Crippen LogP) is 5.01. The van der Waals surface area contributed by atoms with Crippen LogP contribution in [0, 0.1) is 0 Å². The van der Waals surface area contributed by atoms with Gasteiger partial charge in [-0.05, 0) is 61.9 Å². The average molecular weight is 541 g/mol. The summed E-state index contributed by atoms with van der Waals surface area (Å²) in [5, 5.41) is 1.27. The van der Waals surface area contributed by atoms with E-state index in [-0.39, 0.29) is 6.09 Å². The SMILES string of the molecule is CC(C)n1cc(CN2CCC3(CC2)CN(c2ccc(C(=O)ON)cc2)C(=O)O3)c2cc(Br)ccc21. The van der Waals surface area contributed by atoms with Crippen molar-refractivity contribution >= 4 is 44.6 Å². The van der Waals surface area contributed by atoms with Gasteiger partial charge >= 0.3 is 12.1 Å². The molecule has 2 aliphatic heterocycles. The summed E-state index contributed by atoms with van der Waals surface area (Å²) in [5.74, 6) is 4.33. The molecule has 2 N–H and O–H groups in total. The van der Waals surface area contributed by atoms with Crippen molar-refractivity contribution in [3.05, 3.63) is 64.3 Å². The van der Waals surface area contributed by atoms with Gasteiger partial charge in [0.2, 0.25) is 0 Å². The summed E-state index contributed by atoms with van der Waals surface area (Å²) in [6.07, 6.45) is 3.48. The molecule has 2 aromatic carbocycles. The van der Waals surface area contributed by atoms with E-state index < -0.39 is 11.6 Å². The van der Waals surface area contributed by atoms with E-state index in [2.05, 4.69) is 68.5 Å². The van der Waals surface area contributed by atoms with Crippen molar-refractivity contribution in [3.63, 3.8) is 0 Å². The van der Waals surface area contributed by atoms with Crippen LogP contribution in [0.2, 0.25) is 0 Å². The Bertz CT molecular complexity index is 1260. The van der Waals surface area contributed by atoms with Crippen LogP contribution in [0.5, 0.6) is 0 Å². The molecule has 2 saturated heterocycles. The first-order valence-electron chi connectivity index (χ1n) is 11.8. The zero-order valence-electron chi connectivity index (χ0n) is 19.9. The van der Waals surface area contributed by atoms with Crippen LogP contribution in [-0.4, -0.2) is 46.8 Å². The Morgan fingerprint density at radius 2 is 1.89 bits per heavy atom. The van der Waals surface area contributed by atoms with E-state index >= 15 is 0 Å². The number of nitrogens with zero attached hydrogens (tertiary/aromatic N) is 3. The number of fused-ring (bicyclic) bond motifs is 1. The first-order chi connectivity index (χ1) is 16.8. The van der Waals surface area contributed by atoms with E-state index in [0.29, 0.717) is 23.8 Å². The summed E-state index contributed by atoms with van der Waals surface area (Å²) < 4.78 is 9.33. The first-order valence-corrected chi connectivity index (χ1v) is 12.6. The van der Waals surface area contributed by atoms with Crippen LogP contribution in [0.4, 0.5) is 10.5 Å². The largest absolute Gasteiger partial charge is 0.441 e. The molecule has 1 amide bonds. The number of benzene rings is 2. The maximum absolute atomic E-state index is 12.7. The standard InChI is InChI=1S/C26H29BrN4O4/c1-17(2)30-15-19(22-13-20(27)5-8-23(22)30)14-29-11-9-26(10-12-29)16-31(25(33)34-26)21-6-3-18(4-7-21)24(32)35-28/h3-8,13,15,17H,9-12,14,16,28H2,1-2H3. The second kappa shape index (κ2) is 9.29. The van der Waals surface area contributed by atoms with Gasteiger partial charge in [0.1, 0.15) is 5.60 Å². The van der Waals surface area contributed by atoms with E-state index in [9.17, 15) is 9.59 Å². The molecule has 3 aromatic rings. The van der Waals surface area contributed by atoms with Crippen LogP contribution in [0.1, 0.15) is 48.7 Å². The van der Waals surface area contributed by atoms with Gasteiger partial charge < -0.3 is 14.1 Å². The molecule has 0 aliphatic carbocycles. The number of amides is 1. The zero-order chi connectivity index (χ0) is 24.7. The van der Waals surface area contributed by atoms with Gasteiger partial charge in [-0.1, -0.05) is 15.9 Å². The van der Waals surface area contributed by atoms with E-state index in [1.807, 2.05) is 0 Å². The van der Waals surface area contributed by atoms with E-state index in [0.717, 1.165) is 36.9 Å². The lowest BCUT2D eigenvalue weighted by molar-refractivity contribution is -0.000898. The molecule has 0 unspecified atom stereocenters. The van der Waals surface area contributed by atoms with Gasteiger partial charge in [-0.2, -0.15) is 5.90 Å². The molecule has 5 rings (SSSR count). The predicted molar refractivity (Wildman–Crippen MR) is 137 cm³/mol. The van der Waals surface area contributed by atoms with Crippen molar-refractivity contribution in [1.29, 1.82) is 0 Å². The van der Waals surface area contributed by atoms with Gasteiger partial charge in [-0.15, -0.1) is 0 Å². The summed E-state index contributed by atoms with van der Waals surface area (Å²) in [6.45, 7) is 7.47. The Balaban J connectivity index is 1.26. The molecule has 1 aromatic heterocycles. The lowest BCUT2D eigenvalue weighted by atomic mass is 9.91. The van der Waals surface area contributed by atoms with Crippen molar-refractivity contribution in [2.24, 2.45) is 5.90 Å². The number of carbonyl (C=O) groups excluding carboxylic acids is 2. The highest BCUT2D eigenvalue weighted by atomic mass is 79.9. The van der Waals surface area contributed by atoms with Gasteiger partial charge in [-0.3, -0.25) is 9.80 Å². The van der Waals surface area contributed by atoms with E-state index in [4.69, 9.17) is 10.6 Å². The normalized spacial score (nSPS) is 18.0. The van der Waals surface area contributed by atoms with Crippen molar-refractivity contribution in [1.82, 2.24) is 9.47 Å². The number of piperidine rings is 1. The Hall–Kier alpha value is -2.88. The summed E-state index contributed by atoms with van der Waals surface area (Å²) >= 11 is 3.62. The Morgan fingerprint density at radius 3 is 2.54 bits per heavy atom. The van der Waals surface area contributed by atoms with Crippen molar-refractivity contribution in [2.75, 3.05) is 24.5 Å². The van der Waals surface area contributed by atoms with Gasteiger partial charge in [0, 0.05) is 65.8 Å². The lowest BCUT2D eigenvalue weighted by Gasteiger charge is -2.37. The molecule has 0 radical (unpaired) electrons. The van der Waals surface area contributed by atoms with Crippen LogP contribution in [0.25, 0.3) is 10.9 Å². The third kappa shape index (κ3) is 4.55. The van der Waals surface area contributed by atoms with Gasteiger partial charge in [0.25, 0.3) is 0 Å². The number of hydrogen-bond acceptors (Lipinski definition) is 6. The Morgan fingerprint density at radius 1 is 1.17 bits per heavy atom. The van der Waals surface area contributed by atoms with Crippen molar-refractivity contribution in [3.8, 4) is 0 Å². The molecule has 9 heteroatoms. The zero-order valence-corrected chi connectivity index (χ0v) is 21.5. The van der Waals surface area contributed by atoms with Gasteiger partial charge in [0.05, 0.1) is 12.1 Å².